The van der Waals surface area contributed by atoms with Crippen LogP contribution < -0.4 is 5.43 Å². The second-order valence-corrected chi connectivity index (χ2v) is 6.76. The number of carbonyl (C=O) groups is 1. The van der Waals surface area contributed by atoms with Crippen LogP contribution in [0.1, 0.15) is 23.0 Å². The van der Waals surface area contributed by atoms with Gasteiger partial charge in [0.15, 0.2) is 17.5 Å². The van der Waals surface area contributed by atoms with Crippen LogP contribution in [0.4, 0.5) is 13.2 Å². The quantitative estimate of drug-likeness (QED) is 0.583. The number of aromatic nitrogens is 1. The van der Waals surface area contributed by atoms with Crippen molar-refractivity contribution < 1.29 is 23.1 Å². The summed E-state index contributed by atoms with van der Waals surface area (Å²) in [6, 6.07) is 7.62. The van der Waals surface area contributed by atoms with Crippen LogP contribution >= 0.6 is 11.6 Å². The summed E-state index contributed by atoms with van der Waals surface area (Å²) < 4.78 is 42.4. The standard InChI is InChI=1S/C21H15ClF3NO3/c1-3-26-10(2)16(12-8-14(23)18(25)15(24)9-12)20(27)17(21(28)29)19(26)11-4-6-13(22)7-5-11/h4-9H,3H2,1-2H3,(H,28,29). The van der Waals surface area contributed by atoms with E-state index in [0.29, 0.717) is 22.7 Å². The van der Waals surface area contributed by atoms with Crippen molar-refractivity contribution >= 4 is 17.6 Å². The Morgan fingerprint density at radius 1 is 1.07 bits per heavy atom. The summed E-state index contributed by atoms with van der Waals surface area (Å²) in [5, 5.41) is 10.2. The second kappa shape index (κ2) is 7.75. The van der Waals surface area contributed by atoms with Gasteiger partial charge in [0.1, 0.15) is 5.56 Å². The topological polar surface area (TPSA) is 59.3 Å². The van der Waals surface area contributed by atoms with Crippen LogP contribution in [0.15, 0.2) is 41.2 Å². The fraction of sp³-hybridized carbons (Fsp3) is 0.143. The maximum absolute atomic E-state index is 13.8. The molecule has 0 spiro atoms. The Hall–Kier alpha value is -3.06. The van der Waals surface area contributed by atoms with E-state index in [1.807, 2.05) is 0 Å². The lowest BCUT2D eigenvalue weighted by Gasteiger charge is -2.21. The van der Waals surface area contributed by atoms with E-state index >= 15 is 0 Å². The minimum atomic E-state index is -1.67. The van der Waals surface area contributed by atoms with Gasteiger partial charge in [0.25, 0.3) is 0 Å². The minimum absolute atomic E-state index is 0.144. The molecule has 0 saturated heterocycles. The van der Waals surface area contributed by atoms with Gasteiger partial charge in [0.05, 0.1) is 5.69 Å². The summed E-state index contributed by atoms with van der Waals surface area (Å²) in [4.78, 5) is 25.1. The van der Waals surface area contributed by atoms with E-state index in [9.17, 15) is 27.9 Å². The highest BCUT2D eigenvalue weighted by Crippen LogP contribution is 2.31. The lowest BCUT2D eigenvalue weighted by molar-refractivity contribution is 0.0695. The van der Waals surface area contributed by atoms with Gasteiger partial charge in [-0.1, -0.05) is 23.7 Å². The van der Waals surface area contributed by atoms with Crippen molar-refractivity contribution in [3.8, 4) is 22.4 Å². The van der Waals surface area contributed by atoms with Crippen LogP contribution in [-0.2, 0) is 6.54 Å². The first-order valence-corrected chi connectivity index (χ1v) is 8.96. The number of pyridine rings is 1. The molecule has 0 radical (unpaired) electrons. The maximum Gasteiger partial charge on any atom is 0.341 e. The van der Waals surface area contributed by atoms with Crippen LogP contribution in [0, 0.1) is 24.4 Å². The summed E-state index contributed by atoms with van der Waals surface area (Å²) in [6.07, 6.45) is 0. The number of benzene rings is 2. The molecule has 0 aliphatic carbocycles. The molecule has 0 fully saturated rings. The Kier molecular flexibility index (Phi) is 5.53. The van der Waals surface area contributed by atoms with E-state index in [0.717, 1.165) is 0 Å². The predicted molar refractivity (Wildman–Crippen MR) is 104 cm³/mol. The van der Waals surface area contributed by atoms with Crippen molar-refractivity contribution in [3.63, 3.8) is 0 Å². The highest BCUT2D eigenvalue weighted by Gasteiger charge is 2.26. The maximum atomic E-state index is 13.8. The first-order valence-electron chi connectivity index (χ1n) is 8.58. The van der Waals surface area contributed by atoms with Gasteiger partial charge in [-0.05, 0) is 49.2 Å². The SMILES string of the molecule is CCn1c(C)c(-c2cc(F)c(F)c(F)c2)c(=O)c(C(=O)O)c1-c1ccc(Cl)cc1. The Balaban J connectivity index is 2.46. The van der Waals surface area contributed by atoms with Crippen LogP contribution in [-0.4, -0.2) is 15.6 Å². The number of halogens is 4. The Labute approximate surface area is 168 Å². The van der Waals surface area contributed by atoms with Crippen molar-refractivity contribution in [2.75, 3.05) is 0 Å². The molecule has 150 valence electrons. The number of carboxylic acid groups (broad SMARTS) is 1. The summed E-state index contributed by atoms with van der Waals surface area (Å²) in [5.41, 5.74) is -1.05. The van der Waals surface area contributed by atoms with Crippen molar-refractivity contribution in [2.45, 2.75) is 20.4 Å². The Morgan fingerprint density at radius 2 is 1.62 bits per heavy atom. The molecule has 8 heteroatoms. The van der Waals surface area contributed by atoms with E-state index in [1.165, 1.54) is 6.92 Å². The highest BCUT2D eigenvalue weighted by atomic mass is 35.5. The third-order valence-corrected chi connectivity index (χ3v) is 4.90. The van der Waals surface area contributed by atoms with Crippen LogP contribution in [0.5, 0.6) is 0 Å². The number of hydrogen-bond donors (Lipinski definition) is 1. The number of carboxylic acids is 1. The Morgan fingerprint density at radius 3 is 2.10 bits per heavy atom. The van der Waals surface area contributed by atoms with Gasteiger partial charge in [0, 0.05) is 22.8 Å². The lowest BCUT2D eigenvalue weighted by Crippen LogP contribution is -2.25. The van der Waals surface area contributed by atoms with Crippen molar-refractivity contribution in [2.24, 2.45) is 0 Å². The molecule has 4 nitrogen and oxygen atoms in total. The fourth-order valence-corrected chi connectivity index (χ4v) is 3.50. The van der Waals surface area contributed by atoms with Gasteiger partial charge in [-0.25, -0.2) is 18.0 Å². The Bertz CT molecular complexity index is 1160. The second-order valence-electron chi connectivity index (χ2n) is 6.32. The number of nitrogens with zero attached hydrogens (tertiary/aromatic N) is 1. The van der Waals surface area contributed by atoms with E-state index < -0.39 is 34.4 Å². The highest BCUT2D eigenvalue weighted by molar-refractivity contribution is 6.30. The smallest absolute Gasteiger partial charge is 0.341 e. The summed E-state index contributed by atoms with van der Waals surface area (Å²) in [7, 11) is 0. The van der Waals surface area contributed by atoms with Crippen LogP contribution in [0.25, 0.3) is 22.4 Å². The van der Waals surface area contributed by atoms with Crippen LogP contribution in [0.2, 0.25) is 5.02 Å². The molecule has 0 unspecified atom stereocenters. The number of hydrogen-bond acceptors (Lipinski definition) is 2. The molecule has 3 aromatic rings. The van der Waals surface area contributed by atoms with Crippen molar-refractivity contribution in [1.29, 1.82) is 0 Å². The van der Waals surface area contributed by atoms with E-state index in [4.69, 9.17) is 11.6 Å². The fourth-order valence-electron chi connectivity index (χ4n) is 3.38. The monoisotopic (exact) mass is 421 g/mol. The van der Waals surface area contributed by atoms with Gasteiger partial charge in [-0.3, -0.25) is 4.79 Å². The first-order chi connectivity index (χ1) is 13.7. The molecule has 0 atom stereocenters. The summed E-state index contributed by atoms with van der Waals surface area (Å²) in [6.45, 7) is 3.53. The molecule has 1 aromatic heterocycles. The summed E-state index contributed by atoms with van der Waals surface area (Å²) in [5.74, 6) is -6.11. The van der Waals surface area contributed by atoms with Gasteiger partial charge in [0.2, 0.25) is 5.43 Å². The van der Waals surface area contributed by atoms with Crippen molar-refractivity contribution in [1.82, 2.24) is 4.57 Å². The minimum Gasteiger partial charge on any atom is -0.477 e. The molecule has 2 aromatic carbocycles. The van der Waals surface area contributed by atoms with Crippen molar-refractivity contribution in [3.05, 3.63) is 80.4 Å². The molecule has 1 N–H and O–H groups in total. The van der Waals surface area contributed by atoms with E-state index in [-0.39, 0.29) is 29.1 Å². The normalized spacial score (nSPS) is 11.0. The molecular weight excluding hydrogens is 407 g/mol. The largest absolute Gasteiger partial charge is 0.477 e. The zero-order chi connectivity index (χ0) is 21.5. The predicted octanol–water partition coefficient (Wildman–Crippen LogP) is 5.28. The molecule has 0 amide bonds. The lowest BCUT2D eigenvalue weighted by atomic mass is 9.96. The number of rotatable bonds is 4. The molecule has 29 heavy (non-hydrogen) atoms. The molecule has 0 aliphatic rings. The molecule has 0 bridgehead atoms. The van der Waals surface area contributed by atoms with Gasteiger partial charge < -0.3 is 9.67 Å². The average Bonchev–Trinajstić information content (AvgIpc) is 2.66. The molecule has 0 aliphatic heterocycles. The van der Waals surface area contributed by atoms with Gasteiger partial charge >= 0.3 is 5.97 Å². The number of aromatic carboxylic acids is 1. The van der Waals surface area contributed by atoms with Gasteiger partial charge in [-0.15, -0.1) is 0 Å². The van der Waals surface area contributed by atoms with Gasteiger partial charge in [-0.2, -0.15) is 0 Å². The molecule has 1 heterocycles. The average molecular weight is 422 g/mol. The third-order valence-electron chi connectivity index (χ3n) is 4.65. The molecular formula is C21H15ClF3NO3. The summed E-state index contributed by atoms with van der Waals surface area (Å²) >= 11 is 5.90. The third kappa shape index (κ3) is 3.53. The zero-order valence-electron chi connectivity index (χ0n) is 15.4. The zero-order valence-corrected chi connectivity index (χ0v) is 16.1. The van der Waals surface area contributed by atoms with E-state index in [2.05, 4.69) is 0 Å². The molecule has 3 rings (SSSR count). The van der Waals surface area contributed by atoms with Crippen LogP contribution in [0.3, 0.4) is 0 Å². The first kappa shape index (κ1) is 20.7. The van der Waals surface area contributed by atoms with E-state index in [1.54, 1.807) is 35.8 Å². The molecule has 0 saturated carbocycles.